The first-order valence-electron chi connectivity index (χ1n) is 5.67. The minimum Gasteiger partial charge on any atom is -0.288 e. The number of carbonyl (C=O) groups is 1. The molecule has 0 amide bonds. The number of rotatable bonds is 2. The summed E-state index contributed by atoms with van der Waals surface area (Å²) in [5, 5.41) is 0.286. The molecule has 2 rings (SSSR count). The molecule has 19 heavy (non-hydrogen) atoms. The second-order valence-corrected chi connectivity index (χ2v) is 4.72. The van der Waals surface area contributed by atoms with E-state index in [1.54, 1.807) is 19.1 Å². The number of hydrogen-bond donors (Lipinski definition) is 0. The Kier molecular flexibility index (Phi) is 3.67. The second kappa shape index (κ2) is 5.10. The van der Waals surface area contributed by atoms with Crippen molar-refractivity contribution in [3.05, 3.63) is 69.2 Å². The molecule has 1 nitrogen and oxygen atoms in total. The minimum atomic E-state index is -0.884. The highest BCUT2D eigenvalue weighted by Crippen LogP contribution is 2.25. The summed E-state index contributed by atoms with van der Waals surface area (Å²) in [6.45, 7) is 3.23. The molecule has 0 bridgehead atoms. The topological polar surface area (TPSA) is 17.1 Å². The minimum absolute atomic E-state index is 0.175. The summed E-state index contributed by atoms with van der Waals surface area (Å²) in [7, 11) is 0. The zero-order chi connectivity index (χ0) is 14.2. The molecule has 0 spiro atoms. The molecule has 4 heteroatoms. The van der Waals surface area contributed by atoms with Crippen LogP contribution in [0.1, 0.15) is 27.0 Å². The highest BCUT2D eigenvalue weighted by molar-refractivity contribution is 6.35. The van der Waals surface area contributed by atoms with Gasteiger partial charge in [0.15, 0.2) is 5.78 Å². The van der Waals surface area contributed by atoms with Crippen molar-refractivity contribution in [1.29, 1.82) is 0 Å². The number of benzene rings is 2. The van der Waals surface area contributed by atoms with E-state index in [1.807, 2.05) is 0 Å². The van der Waals surface area contributed by atoms with Crippen molar-refractivity contribution in [3.8, 4) is 0 Å². The van der Waals surface area contributed by atoms with Gasteiger partial charge in [0.05, 0.1) is 10.6 Å². The van der Waals surface area contributed by atoms with E-state index in [4.69, 9.17) is 11.6 Å². The van der Waals surface area contributed by atoms with E-state index in [2.05, 4.69) is 0 Å². The average Bonchev–Trinajstić information content (AvgIpc) is 2.36. The normalized spacial score (nSPS) is 10.6. The Balaban J connectivity index is 2.56. The Labute approximate surface area is 114 Å². The van der Waals surface area contributed by atoms with Gasteiger partial charge in [-0.1, -0.05) is 23.7 Å². The second-order valence-electron chi connectivity index (χ2n) is 4.35. The lowest BCUT2D eigenvalue weighted by Gasteiger charge is -2.08. The molecule has 0 heterocycles. The number of carbonyl (C=O) groups excluding carboxylic acids is 1. The van der Waals surface area contributed by atoms with Gasteiger partial charge in [-0.05, 0) is 37.1 Å². The molecular formula is C15H11ClF2O. The van der Waals surface area contributed by atoms with Crippen molar-refractivity contribution in [3.63, 3.8) is 0 Å². The van der Waals surface area contributed by atoms with Gasteiger partial charge < -0.3 is 0 Å². The predicted molar refractivity (Wildman–Crippen MR) is 70.7 cm³/mol. The Bertz CT molecular complexity index is 665. The number of halogens is 3. The first kappa shape index (κ1) is 13.7. The molecule has 0 atom stereocenters. The molecule has 0 aliphatic rings. The number of aryl methyl sites for hydroxylation is 2. The molecule has 0 saturated heterocycles. The Morgan fingerprint density at radius 3 is 2.37 bits per heavy atom. The highest BCUT2D eigenvalue weighted by atomic mass is 35.5. The van der Waals surface area contributed by atoms with Crippen LogP contribution < -0.4 is 0 Å². The van der Waals surface area contributed by atoms with Crippen LogP contribution in [0.4, 0.5) is 8.78 Å². The van der Waals surface area contributed by atoms with Gasteiger partial charge in [0, 0.05) is 11.6 Å². The fraction of sp³-hybridized carbons (Fsp3) is 0.133. The van der Waals surface area contributed by atoms with Gasteiger partial charge >= 0.3 is 0 Å². The van der Waals surface area contributed by atoms with Crippen LogP contribution in [0, 0.1) is 25.5 Å². The molecule has 0 aliphatic carbocycles. The summed E-state index contributed by atoms with van der Waals surface area (Å²) < 4.78 is 26.9. The standard InChI is InChI=1S/C15H11ClF2O/c1-8-4-3-5-10(14(8)16)15(19)11-6-9(2)12(17)7-13(11)18/h3-7H,1-2H3. The molecular weight excluding hydrogens is 270 g/mol. The van der Waals surface area contributed by atoms with Crippen LogP contribution in [-0.2, 0) is 0 Å². The van der Waals surface area contributed by atoms with E-state index >= 15 is 0 Å². The first-order valence-corrected chi connectivity index (χ1v) is 6.05. The summed E-state index contributed by atoms with van der Waals surface area (Å²) in [6.07, 6.45) is 0. The summed E-state index contributed by atoms with van der Waals surface area (Å²) in [4.78, 5) is 12.3. The molecule has 0 radical (unpaired) electrons. The molecule has 0 unspecified atom stereocenters. The van der Waals surface area contributed by atoms with Crippen molar-refractivity contribution >= 4 is 17.4 Å². The first-order chi connectivity index (χ1) is 8.91. The van der Waals surface area contributed by atoms with Crippen LogP contribution in [0.5, 0.6) is 0 Å². The molecule has 0 aromatic heterocycles. The van der Waals surface area contributed by atoms with Crippen LogP contribution >= 0.6 is 11.6 Å². The molecule has 2 aromatic rings. The SMILES string of the molecule is Cc1cc(C(=O)c2cccc(C)c2Cl)c(F)cc1F. The lowest BCUT2D eigenvalue weighted by atomic mass is 9.99. The molecule has 0 N–H and O–H groups in total. The van der Waals surface area contributed by atoms with Gasteiger partial charge in [-0.15, -0.1) is 0 Å². The lowest BCUT2D eigenvalue weighted by molar-refractivity contribution is 0.103. The Morgan fingerprint density at radius 1 is 1.00 bits per heavy atom. The summed E-state index contributed by atoms with van der Waals surface area (Å²) in [5.41, 5.74) is 0.984. The molecule has 98 valence electrons. The molecule has 2 aromatic carbocycles. The van der Waals surface area contributed by atoms with E-state index in [-0.39, 0.29) is 21.7 Å². The maximum atomic E-state index is 13.7. The fourth-order valence-electron chi connectivity index (χ4n) is 1.80. The predicted octanol–water partition coefficient (Wildman–Crippen LogP) is 4.47. The Morgan fingerprint density at radius 2 is 1.68 bits per heavy atom. The van der Waals surface area contributed by atoms with E-state index in [9.17, 15) is 13.6 Å². The summed E-state index contributed by atoms with van der Waals surface area (Å²) in [6, 6.07) is 6.86. The monoisotopic (exact) mass is 280 g/mol. The molecule has 0 fully saturated rings. The van der Waals surface area contributed by atoms with Gasteiger partial charge in [-0.2, -0.15) is 0 Å². The van der Waals surface area contributed by atoms with Gasteiger partial charge in [-0.25, -0.2) is 8.78 Å². The van der Waals surface area contributed by atoms with Crippen LogP contribution in [0.2, 0.25) is 5.02 Å². The van der Waals surface area contributed by atoms with Gasteiger partial charge in [-0.3, -0.25) is 4.79 Å². The van der Waals surface area contributed by atoms with Crippen molar-refractivity contribution in [2.45, 2.75) is 13.8 Å². The summed E-state index contributed by atoms with van der Waals surface area (Å²) >= 11 is 6.04. The average molecular weight is 281 g/mol. The third-order valence-corrected chi connectivity index (χ3v) is 3.43. The van der Waals surface area contributed by atoms with Crippen molar-refractivity contribution in [1.82, 2.24) is 0 Å². The van der Waals surface area contributed by atoms with E-state index < -0.39 is 17.4 Å². The van der Waals surface area contributed by atoms with Crippen molar-refractivity contribution in [2.75, 3.05) is 0 Å². The van der Waals surface area contributed by atoms with Crippen LogP contribution in [0.15, 0.2) is 30.3 Å². The van der Waals surface area contributed by atoms with Gasteiger partial charge in [0.25, 0.3) is 0 Å². The highest BCUT2D eigenvalue weighted by Gasteiger charge is 2.19. The fourth-order valence-corrected chi connectivity index (χ4v) is 2.01. The smallest absolute Gasteiger partial charge is 0.197 e. The lowest BCUT2D eigenvalue weighted by Crippen LogP contribution is -2.07. The number of hydrogen-bond acceptors (Lipinski definition) is 1. The van der Waals surface area contributed by atoms with Crippen molar-refractivity contribution in [2.24, 2.45) is 0 Å². The zero-order valence-electron chi connectivity index (χ0n) is 10.4. The van der Waals surface area contributed by atoms with E-state index in [1.165, 1.54) is 19.1 Å². The quantitative estimate of drug-likeness (QED) is 0.742. The van der Waals surface area contributed by atoms with Crippen LogP contribution in [-0.4, -0.2) is 5.78 Å². The summed E-state index contributed by atoms with van der Waals surface area (Å²) in [5.74, 6) is -2.11. The van der Waals surface area contributed by atoms with E-state index in [0.717, 1.165) is 5.56 Å². The third-order valence-electron chi connectivity index (χ3n) is 2.93. The Hall–Kier alpha value is -1.74. The molecule has 0 saturated carbocycles. The van der Waals surface area contributed by atoms with Crippen molar-refractivity contribution < 1.29 is 13.6 Å². The molecule has 0 aliphatic heterocycles. The zero-order valence-corrected chi connectivity index (χ0v) is 11.2. The van der Waals surface area contributed by atoms with Crippen LogP contribution in [0.25, 0.3) is 0 Å². The third kappa shape index (κ3) is 2.51. The maximum Gasteiger partial charge on any atom is 0.197 e. The van der Waals surface area contributed by atoms with Gasteiger partial charge in [0.1, 0.15) is 11.6 Å². The number of ketones is 1. The van der Waals surface area contributed by atoms with E-state index in [0.29, 0.717) is 6.07 Å². The largest absolute Gasteiger partial charge is 0.288 e. The van der Waals surface area contributed by atoms with Gasteiger partial charge in [0.2, 0.25) is 0 Å². The maximum absolute atomic E-state index is 13.7. The van der Waals surface area contributed by atoms with Crippen LogP contribution in [0.3, 0.4) is 0 Å².